The molecule has 1 N–H and O–H groups in total. The Hall–Kier alpha value is -0.450. The van der Waals surface area contributed by atoms with E-state index in [4.69, 9.17) is 4.74 Å². The highest BCUT2D eigenvalue weighted by Gasteiger charge is 2.30. The summed E-state index contributed by atoms with van der Waals surface area (Å²) < 4.78 is 5.46. The van der Waals surface area contributed by atoms with E-state index in [1.807, 2.05) is 7.05 Å². The molecule has 24 heavy (non-hydrogen) atoms. The molecule has 2 aliphatic rings. The minimum atomic E-state index is 0. The Kier molecular flexibility index (Phi) is 8.18. The van der Waals surface area contributed by atoms with Crippen molar-refractivity contribution in [2.75, 3.05) is 46.4 Å². The molecule has 6 nitrogen and oxygen atoms in total. The largest absolute Gasteiger partial charge is 0.379 e. The number of hydrogen-bond acceptors (Lipinski definition) is 5. The monoisotopic (exact) mass is 465 g/mol. The smallest absolute Gasteiger partial charge is 0.194 e. The number of nitrogens with one attached hydrogen (secondary N) is 1. The Balaban J connectivity index is 0.00000208. The van der Waals surface area contributed by atoms with E-state index in [2.05, 4.69) is 37.4 Å². The molecule has 0 bridgehead atoms. The standard InChI is InChI=1S/C16H27N5OS.HI/c1-3-15-19-13(12-23-15)10-18-16(17-2)21-5-4-14(11-21)20-6-8-22-9-7-20;/h12,14H,3-11H2,1-2H3,(H,17,18);1H. The molecule has 0 amide bonds. The number of aromatic nitrogens is 1. The minimum Gasteiger partial charge on any atom is -0.379 e. The molecule has 8 heteroatoms. The zero-order valence-electron chi connectivity index (χ0n) is 14.5. The highest BCUT2D eigenvalue weighted by molar-refractivity contribution is 14.0. The van der Waals surface area contributed by atoms with Gasteiger partial charge in [-0.15, -0.1) is 35.3 Å². The van der Waals surface area contributed by atoms with Crippen LogP contribution in [-0.2, 0) is 17.7 Å². The number of nitrogens with zero attached hydrogens (tertiary/aromatic N) is 4. The van der Waals surface area contributed by atoms with Crippen LogP contribution < -0.4 is 5.32 Å². The van der Waals surface area contributed by atoms with Crippen LogP contribution in [0.2, 0.25) is 0 Å². The lowest BCUT2D eigenvalue weighted by Crippen LogP contribution is -2.46. The molecule has 3 heterocycles. The second-order valence-electron chi connectivity index (χ2n) is 6.02. The van der Waals surface area contributed by atoms with Gasteiger partial charge in [0.1, 0.15) is 0 Å². The van der Waals surface area contributed by atoms with Gasteiger partial charge in [-0.25, -0.2) is 4.98 Å². The minimum absolute atomic E-state index is 0. The number of morpholine rings is 1. The predicted octanol–water partition coefficient (Wildman–Crippen LogP) is 1.81. The predicted molar refractivity (Wildman–Crippen MR) is 109 cm³/mol. The van der Waals surface area contributed by atoms with Crippen molar-refractivity contribution in [2.45, 2.75) is 32.4 Å². The van der Waals surface area contributed by atoms with Crippen molar-refractivity contribution in [3.05, 3.63) is 16.1 Å². The van der Waals surface area contributed by atoms with Gasteiger partial charge in [0, 0.05) is 44.6 Å². The third kappa shape index (κ3) is 5.03. The van der Waals surface area contributed by atoms with Gasteiger partial charge in [-0.1, -0.05) is 6.92 Å². The van der Waals surface area contributed by atoms with Crippen LogP contribution >= 0.6 is 35.3 Å². The SMILES string of the molecule is CCc1nc(CNC(=NC)N2CCC(N3CCOCC3)C2)cs1.I. The van der Waals surface area contributed by atoms with Crippen LogP contribution in [0.5, 0.6) is 0 Å². The Bertz CT molecular complexity index is 532. The van der Waals surface area contributed by atoms with Crippen LogP contribution in [0.15, 0.2) is 10.4 Å². The van der Waals surface area contributed by atoms with E-state index in [9.17, 15) is 0 Å². The lowest BCUT2D eigenvalue weighted by Gasteiger charge is -2.32. The van der Waals surface area contributed by atoms with Crippen molar-refractivity contribution < 1.29 is 4.74 Å². The van der Waals surface area contributed by atoms with Gasteiger partial charge in [0.15, 0.2) is 5.96 Å². The van der Waals surface area contributed by atoms with Gasteiger partial charge < -0.3 is 15.0 Å². The molecule has 1 aromatic heterocycles. The summed E-state index contributed by atoms with van der Waals surface area (Å²) in [6, 6.07) is 0.628. The summed E-state index contributed by atoms with van der Waals surface area (Å²) in [7, 11) is 1.86. The number of thiazole rings is 1. The van der Waals surface area contributed by atoms with Crippen LogP contribution in [0.3, 0.4) is 0 Å². The van der Waals surface area contributed by atoms with Crippen LogP contribution in [0.1, 0.15) is 24.0 Å². The molecule has 136 valence electrons. The average molecular weight is 465 g/mol. The van der Waals surface area contributed by atoms with Crippen LogP contribution in [0.4, 0.5) is 0 Å². The summed E-state index contributed by atoms with van der Waals surface area (Å²) in [6.07, 6.45) is 2.21. The quantitative estimate of drug-likeness (QED) is 0.418. The number of aliphatic imine (C=N–C) groups is 1. The van der Waals surface area contributed by atoms with Gasteiger partial charge in [0.05, 0.1) is 30.5 Å². The van der Waals surface area contributed by atoms with Gasteiger partial charge >= 0.3 is 0 Å². The van der Waals surface area contributed by atoms with Crippen LogP contribution in [-0.4, -0.2) is 73.2 Å². The van der Waals surface area contributed by atoms with E-state index in [1.165, 1.54) is 11.4 Å². The third-order valence-corrected chi connectivity index (χ3v) is 5.61. The molecular formula is C16H28IN5OS. The van der Waals surface area contributed by atoms with Gasteiger partial charge in [0.25, 0.3) is 0 Å². The number of aryl methyl sites for hydroxylation is 1. The number of likely N-dealkylation sites (tertiary alicyclic amines) is 1. The fourth-order valence-electron chi connectivity index (χ4n) is 3.27. The zero-order valence-corrected chi connectivity index (χ0v) is 17.7. The molecule has 0 radical (unpaired) electrons. The average Bonchev–Trinajstić information content (AvgIpc) is 3.26. The van der Waals surface area contributed by atoms with Crippen molar-refractivity contribution in [3.63, 3.8) is 0 Å². The van der Waals surface area contributed by atoms with Crippen molar-refractivity contribution in [1.82, 2.24) is 20.1 Å². The Morgan fingerprint density at radius 3 is 2.88 bits per heavy atom. The summed E-state index contributed by atoms with van der Waals surface area (Å²) in [5, 5.41) is 6.80. The van der Waals surface area contributed by atoms with E-state index < -0.39 is 0 Å². The highest BCUT2D eigenvalue weighted by atomic mass is 127. The summed E-state index contributed by atoms with van der Waals surface area (Å²) in [5.74, 6) is 0.992. The Labute approximate surface area is 165 Å². The fraction of sp³-hybridized carbons (Fsp3) is 0.750. The van der Waals surface area contributed by atoms with E-state index in [1.54, 1.807) is 11.3 Å². The molecule has 1 unspecified atom stereocenters. The Morgan fingerprint density at radius 2 is 2.21 bits per heavy atom. The van der Waals surface area contributed by atoms with E-state index in [0.29, 0.717) is 6.04 Å². The first-order valence-electron chi connectivity index (χ1n) is 8.50. The second-order valence-corrected chi connectivity index (χ2v) is 6.97. The normalized spacial score (nSPS) is 22.5. The molecular weight excluding hydrogens is 437 g/mol. The lowest BCUT2D eigenvalue weighted by molar-refractivity contribution is 0.0195. The van der Waals surface area contributed by atoms with Crippen LogP contribution in [0, 0.1) is 0 Å². The van der Waals surface area contributed by atoms with Crippen molar-refractivity contribution in [1.29, 1.82) is 0 Å². The summed E-state index contributed by atoms with van der Waals surface area (Å²) in [4.78, 5) is 14.0. The molecule has 0 saturated carbocycles. The molecule has 0 aromatic carbocycles. The first kappa shape index (κ1) is 19.9. The maximum atomic E-state index is 5.46. The van der Waals surface area contributed by atoms with Gasteiger partial charge in [-0.2, -0.15) is 0 Å². The maximum absolute atomic E-state index is 5.46. The third-order valence-electron chi connectivity index (χ3n) is 4.57. The van der Waals surface area contributed by atoms with Gasteiger partial charge in [-0.3, -0.25) is 9.89 Å². The Morgan fingerprint density at radius 1 is 1.42 bits per heavy atom. The zero-order chi connectivity index (χ0) is 16.1. The molecule has 0 spiro atoms. The fourth-order valence-corrected chi connectivity index (χ4v) is 4.01. The lowest BCUT2D eigenvalue weighted by atomic mass is 10.2. The van der Waals surface area contributed by atoms with E-state index in [0.717, 1.165) is 64.0 Å². The molecule has 3 rings (SSSR count). The van der Waals surface area contributed by atoms with Gasteiger partial charge in [0.2, 0.25) is 0 Å². The van der Waals surface area contributed by atoms with Crippen molar-refractivity contribution >= 4 is 41.3 Å². The van der Waals surface area contributed by atoms with E-state index in [-0.39, 0.29) is 24.0 Å². The van der Waals surface area contributed by atoms with E-state index >= 15 is 0 Å². The molecule has 2 aliphatic heterocycles. The van der Waals surface area contributed by atoms with Crippen molar-refractivity contribution in [2.24, 2.45) is 4.99 Å². The number of guanidine groups is 1. The summed E-state index contributed by atoms with van der Waals surface area (Å²) in [5.41, 5.74) is 1.11. The topological polar surface area (TPSA) is 53.0 Å². The maximum Gasteiger partial charge on any atom is 0.194 e. The summed E-state index contributed by atoms with van der Waals surface area (Å²) in [6.45, 7) is 8.87. The van der Waals surface area contributed by atoms with Crippen molar-refractivity contribution in [3.8, 4) is 0 Å². The van der Waals surface area contributed by atoms with Crippen LogP contribution in [0.25, 0.3) is 0 Å². The number of hydrogen-bond donors (Lipinski definition) is 1. The molecule has 0 aliphatic carbocycles. The van der Waals surface area contributed by atoms with Gasteiger partial charge in [-0.05, 0) is 12.8 Å². The first-order valence-corrected chi connectivity index (χ1v) is 9.38. The molecule has 2 saturated heterocycles. The second kappa shape index (κ2) is 9.88. The summed E-state index contributed by atoms with van der Waals surface area (Å²) >= 11 is 1.74. The molecule has 1 atom stereocenters. The number of ether oxygens (including phenoxy) is 1. The molecule has 2 fully saturated rings. The highest BCUT2D eigenvalue weighted by Crippen LogP contribution is 2.17. The number of rotatable bonds is 4. The molecule has 1 aromatic rings. The first-order chi connectivity index (χ1) is 11.3. The number of halogens is 1.